The number of benzene rings is 1. The second-order valence-electron chi connectivity index (χ2n) is 4.99. The summed E-state index contributed by atoms with van der Waals surface area (Å²) in [6.07, 6.45) is 0. The maximum absolute atomic E-state index is 11.6. The standard InChI is InChI=1S/C14H18ClN3O/c1-17(2)14(19)9-18(3)8-12-7-10-6-11(15)4-5-13(10)16-12/h4-7,16H,8-9H2,1-3H3. The first-order valence-electron chi connectivity index (χ1n) is 6.11. The topological polar surface area (TPSA) is 39.3 Å². The van der Waals surface area contributed by atoms with Crippen LogP contribution in [0.15, 0.2) is 24.3 Å². The molecule has 1 heterocycles. The molecule has 0 aliphatic heterocycles. The molecule has 102 valence electrons. The van der Waals surface area contributed by atoms with E-state index in [4.69, 9.17) is 11.6 Å². The van der Waals surface area contributed by atoms with Gasteiger partial charge in [-0.25, -0.2) is 0 Å². The highest BCUT2D eigenvalue weighted by molar-refractivity contribution is 6.31. The monoisotopic (exact) mass is 279 g/mol. The van der Waals surface area contributed by atoms with Gasteiger partial charge in [-0.3, -0.25) is 9.69 Å². The highest BCUT2D eigenvalue weighted by Gasteiger charge is 2.10. The van der Waals surface area contributed by atoms with E-state index in [1.54, 1.807) is 19.0 Å². The Morgan fingerprint density at radius 3 is 2.68 bits per heavy atom. The number of likely N-dealkylation sites (N-methyl/N-ethyl adjacent to an activating group) is 2. The molecular weight excluding hydrogens is 262 g/mol. The van der Waals surface area contributed by atoms with Gasteiger partial charge in [-0.1, -0.05) is 11.6 Å². The fourth-order valence-electron chi connectivity index (χ4n) is 1.97. The van der Waals surface area contributed by atoms with E-state index in [9.17, 15) is 4.79 Å². The number of H-pyrrole nitrogens is 1. The third-order valence-electron chi connectivity index (χ3n) is 2.98. The van der Waals surface area contributed by atoms with Gasteiger partial charge >= 0.3 is 0 Å². The minimum atomic E-state index is 0.0988. The number of aromatic nitrogens is 1. The molecule has 0 unspecified atom stereocenters. The summed E-state index contributed by atoms with van der Waals surface area (Å²) >= 11 is 5.96. The molecule has 2 aromatic rings. The van der Waals surface area contributed by atoms with Gasteiger partial charge in [0.25, 0.3) is 0 Å². The molecule has 5 heteroatoms. The van der Waals surface area contributed by atoms with Crippen LogP contribution in [-0.4, -0.2) is 48.4 Å². The summed E-state index contributed by atoms with van der Waals surface area (Å²) in [7, 11) is 5.46. The van der Waals surface area contributed by atoms with Crippen molar-refractivity contribution in [1.82, 2.24) is 14.8 Å². The Hall–Kier alpha value is -1.52. The zero-order valence-electron chi connectivity index (χ0n) is 11.4. The van der Waals surface area contributed by atoms with Gasteiger partial charge in [-0.05, 0) is 31.3 Å². The second-order valence-corrected chi connectivity index (χ2v) is 5.42. The molecule has 0 spiro atoms. The van der Waals surface area contributed by atoms with E-state index < -0.39 is 0 Å². The van der Waals surface area contributed by atoms with E-state index in [1.165, 1.54) is 0 Å². The molecule has 19 heavy (non-hydrogen) atoms. The van der Waals surface area contributed by atoms with Crippen LogP contribution in [0.2, 0.25) is 5.02 Å². The maximum atomic E-state index is 11.6. The van der Waals surface area contributed by atoms with E-state index >= 15 is 0 Å². The van der Waals surface area contributed by atoms with Crippen molar-refractivity contribution < 1.29 is 4.79 Å². The number of carbonyl (C=O) groups is 1. The van der Waals surface area contributed by atoms with Crippen LogP contribution < -0.4 is 0 Å². The Labute approximate surface area is 117 Å². The number of amides is 1. The van der Waals surface area contributed by atoms with Crippen LogP contribution >= 0.6 is 11.6 Å². The Morgan fingerprint density at radius 1 is 1.26 bits per heavy atom. The molecule has 0 radical (unpaired) electrons. The SMILES string of the molecule is CN(CC(=O)N(C)C)Cc1cc2cc(Cl)ccc2[nH]1. The Kier molecular flexibility index (Phi) is 4.12. The molecule has 1 N–H and O–H groups in total. The summed E-state index contributed by atoms with van der Waals surface area (Å²) in [6, 6.07) is 7.83. The van der Waals surface area contributed by atoms with E-state index in [0.717, 1.165) is 21.6 Å². The van der Waals surface area contributed by atoms with Crippen molar-refractivity contribution in [2.24, 2.45) is 0 Å². The van der Waals surface area contributed by atoms with Crippen molar-refractivity contribution in [3.8, 4) is 0 Å². The Morgan fingerprint density at radius 2 is 2.00 bits per heavy atom. The number of nitrogens with zero attached hydrogens (tertiary/aromatic N) is 2. The summed E-state index contributed by atoms with van der Waals surface area (Å²) in [4.78, 5) is 18.5. The molecule has 4 nitrogen and oxygen atoms in total. The van der Waals surface area contributed by atoms with Gasteiger partial charge in [0.05, 0.1) is 6.54 Å². The average molecular weight is 280 g/mol. The Bertz CT molecular complexity index is 591. The fraction of sp³-hybridized carbons (Fsp3) is 0.357. The number of nitrogens with one attached hydrogen (secondary N) is 1. The number of halogens is 1. The molecule has 0 saturated carbocycles. The van der Waals surface area contributed by atoms with Crippen LogP contribution in [-0.2, 0) is 11.3 Å². The number of rotatable bonds is 4. The van der Waals surface area contributed by atoms with Gasteiger partial charge in [0.15, 0.2) is 0 Å². The first-order valence-corrected chi connectivity index (χ1v) is 6.49. The molecule has 2 rings (SSSR count). The normalized spacial score (nSPS) is 11.2. The lowest BCUT2D eigenvalue weighted by Gasteiger charge is -2.18. The third-order valence-corrected chi connectivity index (χ3v) is 3.22. The van der Waals surface area contributed by atoms with Gasteiger partial charge in [0.2, 0.25) is 5.91 Å². The maximum Gasteiger partial charge on any atom is 0.236 e. The summed E-state index contributed by atoms with van der Waals surface area (Å²) in [5.41, 5.74) is 2.14. The Balaban J connectivity index is 2.06. The molecule has 1 aromatic carbocycles. The van der Waals surface area contributed by atoms with Crippen LogP contribution in [0, 0.1) is 0 Å². The lowest BCUT2D eigenvalue weighted by atomic mass is 10.2. The number of aromatic amines is 1. The van der Waals surface area contributed by atoms with Gasteiger partial charge in [-0.15, -0.1) is 0 Å². The van der Waals surface area contributed by atoms with Crippen LogP contribution in [0.3, 0.4) is 0 Å². The molecular formula is C14H18ClN3O. The number of fused-ring (bicyclic) bond motifs is 1. The largest absolute Gasteiger partial charge is 0.357 e. The van der Waals surface area contributed by atoms with Crippen LogP contribution in [0.25, 0.3) is 10.9 Å². The lowest BCUT2D eigenvalue weighted by molar-refractivity contribution is -0.129. The first-order chi connectivity index (χ1) is 8.95. The average Bonchev–Trinajstić information content (AvgIpc) is 2.69. The quantitative estimate of drug-likeness (QED) is 0.933. The summed E-state index contributed by atoms with van der Waals surface area (Å²) in [5.74, 6) is 0.0988. The zero-order valence-corrected chi connectivity index (χ0v) is 12.2. The lowest BCUT2D eigenvalue weighted by Crippen LogP contribution is -2.34. The molecule has 0 fully saturated rings. The minimum Gasteiger partial charge on any atom is -0.357 e. The second kappa shape index (κ2) is 5.63. The van der Waals surface area contributed by atoms with Crippen molar-refractivity contribution in [1.29, 1.82) is 0 Å². The summed E-state index contributed by atoms with van der Waals surface area (Å²) in [5, 5.41) is 1.82. The minimum absolute atomic E-state index is 0.0988. The third kappa shape index (κ3) is 3.49. The summed E-state index contributed by atoms with van der Waals surface area (Å²) < 4.78 is 0. The predicted molar refractivity (Wildman–Crippen MR) is 78.3 cm³/mol. The zero-order chi connectivity index (χ0) is 14.0. The number of carbonyl (C=O) groups excluding carboxylic acids is 1. The first kappa shape index (κ1) is 13.9. The van der Waals surface area contributed by atoms with Crippen molar-refractivity contribution >= 4 is 28.4 Å². The molecule has 0 aliphatic rings. The molecule has 0 atom stereocenters. The fourth-order valence-corrected chi connectivity index (χ4v) is 2.15. The highest BCUT2D eigenvalue weighted by Crippen LogP contribution is 2.20. The van der Waals surface area contributed by atoms with Crippen molar-refractivity contribution in [3.05, 3.63) is 35.0 Å². The van der Waals surface area contributed by atoms with Gasteiger partial charge < -0.3 is 9.88 Å². The smallest absolute Gasteiger partial charge is 0.236 e. The van der Waals surface area contributed by atoms with E-state index in [2.05, 4.69) is 11.1 Å². The molecule has 1 amide bonds. The van der Waals surface area contributed by atoms with Crippen LogP contribution in [0.5, 0.6) is 0 Å². The van der Waals surface area contributed by atoms with Crippen molar-refractivity contribution in [3.63, 3.8) is 0 Å². The van der Waals surface area contributed by atoms with Crippen molar-refractivity contribution in [2.75, 3.05) is 27.7 Å². The van der Waals surface area contributed by atoms with Crippen LogP contribution in [0.4, 0.5) is 0 Å². The summed E-state index contributed by atoms with van der Waals surface area (Å²) in [6.45, 7) is 1.11. The molecule has 1 aromatic heterocycles. The van der Waals surface area contributed by atoms with E-state index in [-0.39, 0.29) is 5.91 Å². The number of hydrogen-bond acceptors (Lipinski definition) is 2. The number of hydrogen-bond donors (Lipinski definition) is 1. The molecule has 0 saturated heterocycles. The predicted octanol–water partition coefficient (Wildman–Crippen LogP) is 2.34. The van der Waals surface area contributed by atoms with E-state index in [0.29, 0.717) is 13.1 Å². The molecule has 0 bridgehead atoms. The van der Waals surface area contributed by atoms with Gasteiger partial charge in [0, 0.05) is 42.3 Å². The van der Waals surface area contributed by atoms with Crippen LogP contribution in [0.1, 0.15) is 5.69 Å². The van der Waals surface area contributed by atoms with E-state index in [1.807, 2.05) is 30.1 Å². The van der Waals surface area contributed by atoms with Crippen molar-refractivity contribution in [2.45, 2.75) is 6.54 Å². The highest BCUT2D eigenvalue weighted by atomic mass is 35.5. The molecule has 0 aliphatic carbocycles. The van der Waals surface area contributed by atoms with Gasteiger partial charge in [0.1, 0.15) is 0 Å². The van der Waals surface area contributed by atoms with Gasteiger partial charge in [-0.2, -0.15) is 0 Å².